The predicted octanol–water partition coefficient (Wildman–Crippen LogP) is 7.94. The van der Waals surface area contributed by atoms with Crippen LogP contribution in [-0.2, 0) is 6.61 Å². The average Bonchev–Trinajstić information content (AvgIpc) is 3.24. The van der Waals surface area contributed by atoms with Gasteiger partial charge in [0.15, 0.2) is 5.82 Å². The number of hydrogen-bond acceptors (Lipinski definition) is 3. The van der Waals surface area contributed by atoms with Crippen molar-refractivity contribution in [3.8, 4) is 22.6 Å². The molecule has 1 aromatic heterocycles. The molecule has 5 aromatic rings. The second kappa shape index (κ2) is 10.5. The summed E-state index contributed by atoms with van der Waals surface area (Å²) in [6, 6.07) is 36.4. The van der Waals surface area contributed by atoms with Gasteiger partial charge in [-0.05, 0) is 72.1 Å². The first-order valence-corrected chi connectivity index (χ1v) is 12.2. The lowest BCUT2D eigenvalue weighted by atomic mass is 10.1. The van der Waals surface area contributed by atoms with Gasteiger partial charge >= 0.3 is 0 Å². The maximum atomic E-state index is 5.92. The molecule has 0 aliphatic rings. The van der Waals surface area contributed by atoms with Gasteiger partial charge in [-0.3, -0.25) is 0 Å². The maximum absolute atomic E-state index is 5.92. The smallest absolute Gasteiger partial charge is 0.163 e. The summed E-state index contributed by atoms with van der Waals surface area (Å²) >= 11 is 3.59. The van der Waals surface area contributed by atoms with E-state index < -0.39 is 0 Å². The number of aryl methyl sites for hydroxylation is 1. The number of halogens is 1. The van der Waals surface area contributed by atoms with E-state index in [0.29, 0.717) is 6.61 Å². The van der Waals surface area contributed by atoms with Gasteiger partial charge in [0.1, 0.15) is 12.4 Å². The van der Waals surface area contributed by atoms with Gasteiger partial charge in [0.25, 0.3) is 0 Å². The summed E-state index contributed by atoms with van der Waals surface area (Å²) in [6.45, 7) is 2.56. The van der Waals surface area contributed by atoms with Crippen molar-refractivity contribution >= 4 is 28.0 Å². The van der Waals surface area contributed by atoms with E-state index in [1.165, 1.54) is 0 Å². The second-order valence-electron chi connectivity index (χ2n) is 8.14. The van der Waals surface area contributed by atoms with Crippen LogP contribution in [0.25, 0.3) is 16.8 Å². The summed E-state index contributed by atoms with van der Waals surface area (Å²) in [5, 5.41) is 4.83. The Morgan fingerprint density at radius 2 is 1.57 bits per heavy atom. The van der Waals surface area contributed by atoms with E-state index in [2.05, 4.69) is 40.2 Å². The standard InChI is InChI=1S/C30H24BrN3O/c1-22-29(25-11-8-12-26(31)19-25)30(34(33-22)27-13-6-3-7-14-27)32-20-23-15-17-28(18-16-23)35-21-24-9-4-2-5-10-24/h2-20H,21H2,1H3/b32-20+. The van der Waals surface area contributed by atoms with Crippen LogP contribution in [0.3, 0.4) is 0 Å². The molecule has 5 heteroatoms. The highest BCUT2D eigenvalue weighted by Crippen LogP contribution is 2.36. The van der Waals surface area contributed by atoms with Crippen LogP contribution in [0.5, 0.6) is 5.75 Å². The third-order valence-corrected chi connectivity index (χ3v) is 6.11. The van der Waals surface area contributed by atoms with Crippen LogP contribution in [-0.4, -0.2) is 16.0 Å². The fraction of sp³-hybridized carbons (Fsp3) is 0.0667. The minimum absolute atomic E-state index is 0.541. The highest BCUT2D eigenvalue weighted by molar-refractivity contribution is 9.10. The summed E-state index contributed by atoms with van der Waals surface area (Å²) in [5.74, 6) is 1.61. The molecule has 35 heavy (non-hydrogen) atoms. The number of aliphatic imine (C=N–C) groups is 1. The number of hydrogen-bond donors (Lipinski definition) is 0. The number of aromatic nitrogens is 2. The van der Waals surface area contributed by atoms with E-state index in [0.717, 1.165) is 49.7 Å². The molecule has 0 unspecified atom stereocenters. The minimum atomic E-state index is 0.541. The summed E-state index contributed by atoms with van der Waals surface area (Å²) in [6.07, 6.45) is 1.87. The zero-order valence-corrected chi connectivity index (χ0v) is 20.9. The van der Waals surface area contributed by atoms with Crippen LogP contribution in [0.4, 0.5) is 5.82 Å². The molecule has 0 amide bonds. The van der Waals surface area contributed by atoms with Crippen molar-refractivity contribution in [1.29, 1.82) is 0 Å². The van der Waals surface area contributed by atoms with Gasteiger partial charge in [0, 0.05) is 16.3 Å². The van der Waals surface area contributed by atoms with Gasteiger partial charge in [-0.2, -0.15) is 5.10 Å². The Morgan fingerprint density at radius 3 is 2.29 bits per heavy atom. The molecule has 0 aliphatic heterocycles. The number of rotatable bonds is 7. The van der Waals surface area contributed by atoms with Crippen LogP contribution in [0, 0.1) is 6.92 Å². The number of para-hydroxylation sites is 1. The fourth-order valence-electron chi connectivity index (χ4n) is 3.89. The normalized spacial score (nSPS) is 11.1. The Bertz CT molecular complexity index is 1440. The summed E-state index contributed by atoms with van der Waals surface area (Å²) in [4.78, 5) is 4.92. The first kappa shape index (κ1) is 22.8. The van der Waals surface area contributed by atoms with Crippen molar-refractivity contribution in [3.63, 3.8) is 0 Å². The maximum Gasteiger partial charge on any atom is 0.163 e. The molecule has 0 saturated heterocycles. The molecule has 0 N–H and O–H groups in total. The van der Waals surface area contributed by atoms with Gasteiger partial charge in [0.2, 0.25) is 0 Å². The molecule has 4 aromatic carbocycles. The van der Waals surface area contributed by atoms with Crippen molar-refractivity contribution in [1.82, 2.24) is 9.78 Å². The Balaban J connectivity index is 1.45. The van der Waals surface area contributed by atoms with Crippen LogP contribution in [0.1, 0.15) is 16.8 Å². The van der Waals surface area contributed by atoms with Gasteiger partial charge < -0.3 is 4.74 Å². The zero-order valence-electron chi connectivity index (χ0n) is 19.3. The molecular formula is C30H24BrN3O. The van der Waals surface area contributed by atoms with Crippen LogP contribution < -0.4 is 4.74 Å². The molecule has 0 saturated carbocycles. The Labute approximate surface area is 213 Å². The molecule has 0 aliphatic carbocycles. The Kier molecular flexibility index (Phi) is 6.87. The molecule has 0 atom stereocenters. The van der Waals surface area contributed by atoms with E-state index in [9.17, 15) is 0 Å². The minimum Gasteiger partial charge on any atom is -0.489 e. The van der Waals surface area contributed by atoms with Crippen LogP contribution in [0.2, 0.25) is 0 Å². The first-order chi connectivity index (χ1) is 17.2. The van der Waals surface area contributed by atoms with Crippen molar-refractivity contribution < 1.29 is 4.74 Å². The monoisotopic (exact) mass is 521 g/mol. The largest absolute Gasteiger partial charge is 0.489 e. The molecule has 0 radical (unpaired) electrons. The van der Waals surface area contributed by atoms with Crippen LogP contribution in [0.15, 0.2) is 119 Å². The molecular weight excluding hydrogens is 498 g/mol. The van der Waals surface area contributed by atoms with Crippen molar-refractivity contribution in [2.45, 2.75) is 13.5 Å². The SMILES string of the molecule is Cc1nn(-c2ccccc2)c(/N=C/c2ccc(OCc3ccccc3)cc2)c1-c1cccc(Br)c1. The quantitative estimate of drug-likeness (QED) is 0.204. The average molecular weight is 522 g/mol. The molecule has 5 rings (SSSR count). The van der Waals surface area contributed by atoms with Crippen molar-refractivity contribution in [2.75, 3.05) is 0 Å². The number of benzene rings is 4. The lowest BCUT2D eigenvalue weighted by Crippen LogP contribution is -1.96. The number of nitrogens with zero attached hydrogens (tertiary/aromatic N) is 3. The summed E-state index contributed by atoms with van der Waals surface area (Å²) in [7, 11) is 0. The molecule has 0 bridgehead atoms. The third kappa shape index (κ3) is 5.42. The lowest BCUT2D eigenvalue weighted by Gasteiger charge is -2.07. The third-order valence-electron chi connectivity index (χ3n) is 5.61. The zero-order chi connectivity index (χ0) is 24.0. The number of ether oxygens (including phenoxy) is 1. The second-order valence-corrected chi connectivity index (χ2v) is 9.06. The molecule has 0 spiro atoms. The Hall–Kier alpha value is -3.96. The van der Waals surface area contributed by atoms with E-state index in [1.54, 1.807) is 0 Å². The highest BCUT2D eigenvalue weighted by atomic mass is 79.9. The van der Waals surface area contributed by atoms with Crippen molar-refractivity contribution in [2.24, 2.45) is 4.99 Å². The van der Waals surface area contributed by atoms with E-state index in [4.69, 9.17) is 14.8 Å². The topological polar surface area (TPSA) is 39.4 Å². The molecule has 4 nitrogen and oxygen atoms in total. The van der Waals surface area contributed by atoms with E-state index in [1.807, 2.05) is 103 Å². The van der Waals surface area contributed by atoms with E-state index >= 15 is 0 Å². The molecule has 1 heterocycles. The van der Waals surface area contributed by atoms with Gasteiger partial charge in [0.05, 0.1) is 11.4 Å². The fourth-order valence-corrected chi connectivity index (χ4v) is 4.29. The van der Waals surface area contributed by atoms with E-state index in [-0.39, 0.29) is 0 Å². The highest BCUT2D eigenvalue weighted by Gasteiger charge is 2.17. The van der Waals surface area contributed by atoms with Gasteiger partial charge in [-0.15, -0.1) is 0 Å². The van der Waals surface area contributed by atoms with Gasteiger partial charge in [-0.1, -0.05) is 76.6 Å². The van der Waals surface area contributed by atoms with Crippen molar-refractivity contribution in [3.05, 3.63) is 130 Å². The van der Waals surface area contributed by atoms with Gasteiger partial charge in [-0.25, -0.2) is 9.67 Å². The van der Waals surface area contributed by atoms with Crippen LogP contribution >= 0.6 is 15.9 Å². The Morgan fingerprint density at radius 1 is 0.857 bits per heavy atom. The summed E-state index contributed by atoms with van der Waals surface area (Å²) in [5.41, 5.74) is 6.08. The molecule has 172 valence electrons. The lowest BCUT2D eigenvalue weighted by molar-refractivity contribution is 0.306. The first-order valence-electron chi connectivity index (χ1n) is 11.4. The molecule has 0 fully saturated rings. The summed E-state index contributed by atoms with van der Waals surface area (Å²) < 4.78 is 8.83. The predicted molar refractivity (Wildman–Crippen MR) is 146 cm³/mol.